The number of nitrogens with zero attached hydrogens (tertiary/aromatic N) is 2. The molecule has 1 N–H and O–H groups in total. The van der Waals surface area contributed by atoms with Crippen LogP contribution in [0.3, 0.4) is 0 Å². The molecule has 2 heterocycles. The predicted octanol–water partition coefficient (Wildman–Crippen LogP) is 3.17. The van der Waals surface area contributed by atoms with Gasteiger partial charge in [0.15, 0.2) is 0 Å². The average molecular weight is 409 g/mol. The lowest BCUT2D eigenvalue weighted by Crippen LogP contribution is -2.59. The zero-order valence-corrected chi connectivity index (χ0v) is 17.1. The first kappa shape index (κ1) is 20.1. The van der Waals surface area contributed by atoms with Crippen molar-refractivity contribution in [1.29, 1.82) is 0 Å². The third kappa shape index (κ3) is 3.56. The van der Waals surface area contributed by atoms with E-state index < -0.39 is 17.4 Å². The number of amides is 4. The normalized spacial score (nSPS) is 21.3. The lowest BCUT2D eigenvalue weighted by molar-refractivity contribution is -0.133. The molecule has 1 atom stereocenters. The second-order valence-corrected chi connectivity index (χ2v) is 8.18. The molecule has 2 aliphatic rings. The Kier molecular flexibility index (Phi) is 5.05. The number of urea groups is 1. The lowest BCUT2D eigenvalue weighted by Gasteiger charge is -2.38. The zero-order chi connectivity index (χ0) is 21.5. The summed E-state index contributed by atoms with van der Waals surface area (Å²) in [6.45, 7) is 4.33. The van der Waals surface area contributed by atoms with Gasteiger partial charge in [-0.15, -0.1) is 0 Å². The van der Waals surface area contributed by atoms with Crippen molar-refractivity contribution in [2.75, 3.05) is 13.1 Å². The Morgan fingerprint density at radius 3 is 2.57 bits per heavy atom. The smallest absolute Gasteiger partial charge is 0.325 e. The first-order chi connectivity index (χ1) is 14.3. The third-order valence-electron chi connectivity index (χ3n) is 5.91. The number of rotatable bonds is 3. The maximum Gasteiger partial charge on any atom is 0.325 e. The van der Waals surface area contributed by atoms with E-state index in [0.717, 1.165) is 11.1 Å². The Morgan fingerprint density at radius 1 is 1.13 bits per heavy atom. The summed E-state index contributed by atoms with van der Waals surface area (Å²) < 4.78 is 13.9. The van der Waals surface area contributed by atoms with E-state index in [0.29, 0.717) is 24.9 Å². The van der Waals surface area contributed by atoms with Gasteiger partial charge in [0.25, 0.3) is 11.8 Å². The summed E-state index contributed by atoms with van der Waals surface area (Å²) in [6, 6.07) is 11.6. The molecule has 1 spiro atoms. The standard InChI is InChI=1S/C23H24FN3O3/c1-15-4-7-17(8-5-15)13-27-21(29)23(25-22(27)30)10-3-11-26(14-23)20(28)18-9-6-16(2)19(24)12-18/h4-9,12H,3,10-11,13-14H2,1-2H3,(H,25,30). The van der Waals surface area contributed by atoms with Crippen LogP contribution in [0.15, 0.2) is 42.5 Å². The van der Waals surface area contributed by atoms with E-state index in [-0.39, 0.29) is 30.5 Å². The van der Waals surface area contributed by atoms with Gasteiger partial charge in [0.2, 0.25) is 0 Å². The summed E-state index contributed by atoms with van der Waals surface area (Å²) in [5, 5.41) is 2.83. The van der Waals surface area contributed by atoms with Gasteiger partial charge in [0, 0.05) is 12.1 Å². The van der Waals surface area contributed by atoms with Crippen molar-refractivity contribution in [3.05, 3.63) is 70.5 Å². The van der Waals surface area contributed by atoms with Crippen LogP contribution in [0.5, 0.6) is 0 Å². The molecule has 4 amide bonds. The minimum atomic E-state index is -1.13. The Balaban J connectivity index is 1.53. The van der Waals surface area contributed by atoms with Crippen LogP contribution >= 0.6 is 0 Å². The quantitative estimate of drug-likeness (QED) is 0.792. The molecule has 2 fully saturated rings. The number of nitrogens with one attached hydrogen (secondary N) is 1. The van der Waals surface area contributed by atoms with Crippen molar-refractivity contribution in [1.82, 2.24) is 15.1 Å². The third-order valence-corrected chi connectivity index (χ3v) is 5.91. The van der Waals surface area contributed by atoms with Gasteiger partial charge in [-0.05, 0) is 49.9 Å². The molecule has 0 saturated carbocycles. The molecule has 1 unspecified atom stereocenters. The van der Waals surface area contributed by atoms with E-state index in [1.54, 1.807) is 19.1 Å². The summed E-state index contributed by atoms with van der Waals surface area (Å²) in [6.07, 6.45) is 1.04. The molecule has 0 radical (unpaired) electrons. The van der Waals surface area contributed by atoms with Crippen molar-refractivity contribution < 1.29 is 18.8 Å². The summed E-state index contributed by atoms with van der Waals surface area (Å²) in [4.78, 5) is 41.5. The van der Waals surface area contributed by atoms with E-state index in [9.17, 15) is 18.8 Å². The van der Waals surface area contributed by atoms with Crippen LogP contribution in [0, 0.1) is 19.7 Å². The Labute approximate surface area is 174 Å². The number of halogens is 1. The molecule has 2 aromatic carbocycles. The molecular weight excluding hydrogens is 385 g/mol. The summed E-state index contributed by atoms with van der Waals surface area (Å²) in [5.41, 5.74) is 1.54. The second-order valence-electron chi connectivity index (χ2n) is 8.18. The number of carbonyl (C=O) groups is 3. The highest BCUT2D eigenvalue weighted by Crippen LogP contribution is 2.30. The van der Waals surface area contributed by atoms with E-state index in [1.165, 1.54) is 15.9 Å². The largest absolute Gasteiger partial charge is 0.336 e. The first-order valence-corrected chi connectivity index (χ1v) is 10.0. The molecule has 4 rings (SSSR count). The van der Waals surface area contributed by atoms with Gasteiger partial charge >= 0.3 is 6.03 Å². The van der Waals surface area contributed by atoms with E-state index in [1.807, 2.05) is 31.2 Å². The number of hydrogen-bond acceptors (Lipinski definition) is 3. The molecular formula is C23H24FN3O3. The Morgan fingerprint density at radius 2 is 1.87 bits per heavy atom. The summed E-state index contributed by atoms with van der Waals surface area (Å²) in [5.74, 6) is -1.10. The zero-order valence-electron chi connectivity index (χ0n) is 17.1. The molecule has 30 heavy (non-hydrogen) atoms. The van der Waals surface area contributed by atoms with Crippen LogP contribution in [0.2, 0.25) is 0 Å². The van der Waals surface area contributed by atoms with Gasteiger partial charge in [0.1, 0.15) is 11.4 Å². The van der Waals surface area contributed by atoms with Crippen LogP contribution in [-0.4, -0.2) is 46.3 Å². The molecule has 0 bridgehead atoms. The van der Waals surface area contributed by atoms with E-state index in [2.05, 4.69) is 5.32 Å². The van der Waals surface area contributed by atoms with Crippen LogP contribution in [0.1, 0.15) is 39.9 Å². The minimum Gasteiger partial charge on any atom is -0.336 e. The SMILES string of the molecule is Cc1ccc(CN2C(=O)NC3(CCCN(C(=O)c4ccc(C)c(F)c4)C3)C2=O)cc1. The number of imide groups is 1. The Hall–Kier alpha value is -3.22. The van der Waals surface area contributed by atoms with E-state index >= 15 is 0 Å². The van der Waals surface area contributed by atoms with Gasteiger partial charge in [-0.1, -0.05) is 35.9 Å². The summed E-state index contributed by atoms with van der Waals surface area (Å²) >= 11 is 0. The first-order valence-electron chi connectivity index (χ1n) is 10.0. The summed E-state index contributed by atoms with van der Waals surface area (Å²) in [7, 11) is 0. The number of hydrogen-bond donors (Lipinski definition) is 1. The van der Waals surface area contributed by atoms with Crippen molar-refractivity contribution in [2.24, 2.45) is 0 Å². The van der Waals surface area contributed by atoms with Gasteiger partial charge in [-0.25, -0.2) is 9.18 Å². The highest BCUT2D eigenvalue weighted by atomic mass is 19.1. The molecule has 0 aromatic heterocycles. The fourth-order valence-corrected chi connectivity index (χ4v) is 4.11. The van der Waals surface area contributed by atoms with Gasteiger partial charge in [-0.3, -0.25) is 14.5 Å². The molecule has 6 nitrogen and oxygen atoms in total. The van der Waals surface area contributed by atoms with Gasteiger partial charge < -0.3 is 10.2 Å². The highest BCUT2D eigenvalue weighted by Gasteiger charge is 2.53. The monoisotopic (exact) mass is 409 g/mol. The van der Waals surface area contributed by atoms with Gasteiger partial charge in [0.05, 0.1) is 13.1 Å². The number of carbonyl (C=O) groups excluding carboxylic acids is 3. The van der Waals surface area contributed by atoms with Crippen LogP contribution in [0.4, 0.5) is 9.18 Å². The molecule has 0 aliphatic carbocycles. The van der Waals surface area contributed by atoms with Crippen LogP contribution in [-0.2, 0) is 11.3 Å². The van der Waals surface area contributed by atoms with Crippen LogP contribution in [0.25, 0.3) is 0 Å². The predicted molar refractivity (Wildman–Crippen MR) is 109 cm³/mol. The Bertz CT molecular complexity index is 1020. The molecule has 156 valence electrons. The van der Waals surface area contributed by atoms with Crippen molar-refractivity contribution in [2.45, 2.75) is 38.8 Å². The van der Waals surface area contributed by atoms with Crippen LogP contribution < -0.4 is 5.32 Å². The van der Waals surface area contributed by atoms with E-state index in [4.69, 9.17) is 0 Å². The lowest BCUT2D eigenvalue weighted by atomic mass is 9.88. The topological polar surface area (TPSA) is 69.7 Å². The average Bonchev–Trinajstić information content (AvgIpc) is 2.95. The van der Waals surface area contributed by atoms with Crippen molar-refractivity contribution in [3.63, 3.8) is 0 Å². The fourth-order valence-electron chi connectivity index (χ4n) is 4.11. The van der Waals surface area contributed by atoms with Crippen molar-refractivity contribution >= 4 is 17.8 Å². The molecule has 2 saturated heterocycles. The fraction of sp³-hybridized carbons (Fsp3) is 0.348. The maximum atomic E-state index is 13.9. The minimum absolute atomic E-state index is 0.0797. The van der Waals surface area contributed by atoms with Gasteiger partial charge in [-0.2, -0.15) is 0 Å². The number of benzene rings is 2. The molecule has 2 aromatic rings. The maximum absolute atomic E-state index is 13.9. The molecule has 2 aliphatic heterocycles. The number of piperidine rings is 1. The number of aryl methyl sites for hydroxylation is 2. The second kappa shape index (κ2) is 7.55. The number of likely N-dealkylation sites (tertiary alicyclic amines) is 1. The van der Waals surface area contributed by atoms with Crippen molar-refractivity contribution in [3.8, 4) is 0 Å². The molecule has 7 heteroatoms. The highest BCUT2D eigenvalue weighted by molar-refractivity contribution is 6.07.